The van der Waals surface area contributed by atoms with Crippen molar-refractivity contribution in [2.75, 3.05) is 14.2 Å². The summed E-state index contributed by atoms with van der Waals surface area (Å²) in [6.45, 7) is 3.86. The Kier molecular flexibility index (Phi) is 3.65. The van der Waals surface area contributed by atoms with Crippen molar-refractivity contribution in [1.29, 1.82) is 0 Å². The van der Waals surface area contributed by atoms with Crippen molar-refractivity contribution in [3.8, 4) is 17.2 Å². The summed E-state index contributed by atoms with van der Waals surface area (Å²) >= 11 is 0. The maximum Gasteiger partial charge on any atom is 0.203 e. The molecule has 1 aromatic rings. The minimum absolute atomic E-state index is 0.0705. The molecule has 0 aromatic heterocycles. The average Bonchev–Trinajstić information content (AvgIpc) is 2.14. The van der Waals surface area contributed by atoms with Crippen LogP contribution in [0.4, 0.5) is 0 Å². The van der Waals surface area contributed by atoms with Crippen LogP contribution in [-0.4, -0.2) is 24.9 Å². The summed E-state index contributed by atoms with van der Waals surface area (Å²) in [6, 6.07) is 3.48. The van der Waals surface area contributed by atoms with Crippen LogP contribution in [0.1, 0.15) is 19.4 Å². The molecule has 0 heterocycles. The van der Waals surface area contributed by atoms with Crippen molar-refractivity contribution >= 4 is 0 Å². The van der Waals surface area contributed by atoms with E-state index in [2.05, 4.69) is 0 Å². The number of hydrogen-bond acceptors (Lipinski definition) is 4. The fourth-order valence-electron chi connectivity index (χ4n) is 1.63. The lowest BCUT2D eigenvalue weighted by molar-refractivity contribution is 0.332. The second-order valence-electron chi connectivity index (χ2n) is 4.52. The van der Waals surface area contributed by atoms with Crippen molar-refractivity contribution in [2.24, 2.45) is 5.73 Å². The van der Waals surface area contributed by atoms with E-state index in [1.807, 2.05) is 19.9 Å². The molecule has 4 heteroatoms. The van der Waals surface area contributed by atoms with E-state index in [0.29, 0.717) is 17.9 Å². The fourth-order valence-corrected chi connectivity index (χ4v) is 1.63. The van der Waals surface area contributed by atoms with E-state index >= 15 is 0 Å². The van der Waals surface area contributed by atoms with Gasteiger partial charge in [0, 0.05) is 5.54 Å². The van der Waals surface area contributed by atoms with Gasteiger partial charge in [0.15, 0.2) is 11.5 Å². The van der Waals surface area contributed by atoms with E-state index in [4.69, 9.17) is 15.2 Å². The topological polar surface area (TPSA) is 64.7 Å². The zero-order chi connectivity index (χ0) is 12.3. The molecule has 0 fully saturated rings. The third kappa shape index (κ3) is 3.03. The van der Waals surface area contributed by atoms with Gasteiger partial charge in [-0.25, -0.2) is 0 Å². The number of hydrogen-bond donors (Lipinski definition) is 2. The second kappa shape index (κ2) is 4.61. The van der Waals surface area contributed by atoms with Crippen LogP contribution in [0.2, 0.25) is 0 Å². The molecule has 0 saturated carbocycles. The molecular weight excluding hydrogens is 206 g/mol. The Morgan fingerprint density at radius 1 is 1.25 bits per heavy atom. The van der Waals surface area contributed by atoms with Crippen LogP contribution in [0.3, 0.4) is 0 Å². The van der Waals surface area contributed by atoms with Crippen LogP contribution in [0.25, 0.3) is 0 Å². The first-order valence-corrected chi connectivity index (χ1v) is 5.10. The Morgan fingerprint density at radius 3 is 2.31 bits per heavy atom. The summed E-state index contributed by atoms with van der Waals surface area (Å²) in [7, 11) is 3.03. The number of phenolic OH excluding ortho intramolecular Hbond substituents is 1. The SMILES string of the molecule is COc1cc(CC(C)(C)N)cc(O)c1OC. The molecule has 0 aliphatic carbocycles. The highest BCUT2D eigenvalue weighted by atomic mass is 16.5. The van der Waals surface area contributed by atoms with Crippen molar-refractivity contribution < 1.29 is 14.6 Å². The average molecular weight is 225 g/mol. The minimum Gasteiger partial charge on any atom is -0.504 e. The van der Waals surface area contributed by atoms with E-state index in [9.17, 15) is 5.11 Å². The zero-order valence-corrected chi connectivity index (χ0v) is 10.2. The summed E-state index contributed by atoms with van der Waals surface area (Å²) in [5, 5.41) is 9.75. The molecule has 0 amide bonds. The summed E-state index contributed by atoms with van der Waals surface area (Å²) in [5.74, 6) is 0.934. The summed E-state index contributed by atoms with van der Waals surface area (Å²) in [4.78, 5) is 0. The number of ether oxygens (including phenoxy) is 2. The van der Waals surface area contributed by atoms with Gasteiger partial charge in [-0.3, -0.25) is 0 Å². The molecule has 0 aliphatic heterocycles. The van der Waals surface area contributed by atoms with E-state index < -0.39 is 0 Å². The second-order valence-corrected chi connectivity index (χ2v) is 4.52. The smallest absolute Gasteiger partial charge is 0.203 e. The normalized spacial score (nSPS) is 11.3. The summed E-state index contributed by atoms with van der Waals surface area (Å²) in [6.07, 6.45) is 0.654. The van der Waals surface area contributed by atoms with Crippen molar-refractivity contribution in [3.63, 3.8) is 0 Å². The lowest BCUT2D eigenvalue weighted by Crippen LogP contribution is -2.34. The Hall–Kier alpha value is -1.42. The van der Waals surface area contributed by atoms with Crippen molar-refractivity contribution in [1.82, 2.24) is 0 Å². The van der Waals surface area contributed by atoms with Gasteiger partial charge in [-0.15, -0.1) is 0 Å². The number of aromatic hydroxyl groups is 1. The molecule has 1 aromatic carbocycles. The molecular formula is C12H19NO3. The Bertz CT molecular complexity index is 369. The largest absolute Gasteiger partial charge is 0.504 e. The number of phenols is 1. The van der Waals surface area contributed by atoms with E-state index in [1.54, 1.807) is 6.07 Å². The number of rotatable bonds is 4. The fraction of sp³-hybridized carbons (Fsp3) is 0.500. The van der Waals surface area contributed by atoms with Crippen LogP contribution in [0.5, 0.6) is 17.2 Å². The van der Waals surface area contributed by atoms with Crippen LogP contribution in [0, 0.1) is 0 Å². The van der Waals surface area contributed by atoms with Crippen LogP contribution in [0.15, 0.2) is 12.1 Å². The van der Waals surface area contributed by atoms with E-state index in [-0.39, 0.29) is 11.3 Å². The molecule has 0 spiro atoms. The van der Waals surface area contributed by atoms with Gasteiger partial charge in [0.1, 0.15) is 0 Å². The summed E-state index contributed by atoms with van der Waals surface area (Å²) in [5.41, 5.74) is 6.52. The molecule has 4 nitrogen and oxygen atoms in total. The van der Waals surface area contributed by atoms with Gasteiger partial charge in [-0.05, 0) is 38.0 Å². The summed E-state index contributed by atoms with van der Waals surface area (Å²) < 4.78 is 10.2. The molecule has 3 N–H and O–H groups in total. The Labute approximate surface area is 96.0 Å². The highest BCUT2D eigenvalue weighted by Gasteiger charge is 2.16. The number of benzene rings is 1. The third-order valence-corrected chi connectivity index (χ3v) is 2.18. The maximum atomic E-state index is 9.75. The first kappa shape index (κ1) is 12.6. The van der Waals surface area contributed by atoms with Gasteiger partial charge < -0.3 is 20.3 Å². The van der Waals surface area contributed by atoms with E-state index in [1.165, 1.54) is 14.2 Å². The first-order chi connectivity index (χ1) is 7.37. The Balaban J connectivity index is 3.10. The monoisotopic (exact) mass is 225 g/mol. The lowest BCUT2D eigenvalue weighted by atomic mass is 9.96. The van der Waals surface area contributed by atoms with Crippen LogP contribution < -0.4 is 15.2 Å². The third-order valence-electron chi connectivity index (χ3n) is 2.18. The quantitative estimate of drug-likeness (QED) is 0.818. The predicted molar refractivity (Wildman–Crippen MR) is 63.2 cm³/mol. The predicted octanol–water partition coefficient (Wildman–Crippen LogP) is 1.69. The van der Waals surface area contributed by atoms with Gasteiger partial charge in [-0.2, -0.15) is 0 Å². The molecule has 0 unspecified atom stereocenters. The highest BCUT2D eigenvalue weighted by Crippen LogP contribution is 2.37. The Morgan fingerprint density at radius 2 is 1.88 bits per heavy atom. The maximum absolute atomic E-state index is 9.75. The molecule has 16 heavy (non-hydrogen) atoms. The standard InChI is InChI=1S/C12H19NO3/c1-12(2,13)7-8-5-9(14)11(16-4)10(6-8)15-3/h5-6,14H,7,13H2,1-4H3. The van der Waals surface area contributed by atoms with Crippen LogP contribution in [-0.2, 0) is 6.42 Å². The molecule has 90 valence electrons. The van der Waals surface area contributed by atoms with Gasteiger partial charge in [0.2, 0.25) is 5.75 Å². The van der Waals surface area contributed by atoms with Gasteiger partial charge in [-0.1, -0.05) is 0 Å². The van der Waals surface area contributed by atoms with Crippen molar-refractivity contribution in [2.45, 2.75) is 25.8 Å². The van der Waals surface area contributed by atoms with Crippen LogP contribution >= 0.6 is 0 Å². The number of methoxy groups -OCH3 is 2. The molecule has 0 radical (unpaired) electrons. The molecule has 0 bridgehead atoms. The van der Waals surface area contributed by atoms with Crippen molar-refractivity contribution in [3.05, 3.63) is 17.7 Å². The first-order valence-electron chi connectivity index (χ1n) is 5.10. The highest BCUT2D eigenvalue weighted by molar-refractivity contribution is 5.53. The number of nitrogens with two attached hydrogens (primary N) is 1. The lowest BCUT2D eigenvalue weighted by Gasteiger charge is -2.19. The van der Waals surface area contributed by atoms with Gasteiger partial charge in [0.25, 0.3) is 0 Å². The van der Waals surface area contributed by atoms with Gasteiger partial charge >= 0.3 is 0 Å². The molecule has 1 rings (SSSR count). The molecule has 0 saturated heterocycles. The molecule has 0 atom stereocenters. The zero-order valence-electron chi connectivity index (χ0n) is 10.2. The van der Waals surface area contributed by atoms with E-state index in [0.717, 1.165) is 5.56 Å². The molecule has 0 aliphatic rings. The van der Waals surface area contributed by atoms with Gasteiger partial charge in [0.05, 0.1) is 14.2 Å². The minimum atomic E-state index is -0.327.